The summed E-state index contributed by atoms with van der Waals surface area (Å²) in [5.74, 6) is -0.0604. The molecule has 0 saturated heterocycles. The van der Waals surface area contributed by atoms with E-state index in [4.69, 9.17) is 23.2 Å². The Morgan fingerprint density at radius 1 is 1.43 bits per heavy atom. The molecule has 1 amide bonds. The highest BCUT2D eigenvalue weighted by Gasteiger charge is 2.67. The van der Waals surface area contributed by atoms with E-state index < -0.39 is 9.75 Å². The second-order valence-electron chi connectivity index (χ2n) is 5.36. The van der Waals surface area contributed by atoms with Crippen LogP contribution in [-0.2, 0) is 11.3 Å². The van der Waals surface area contributed by atoms with Crippen LogP contribution < -0.4 is 10.6 Å². The summed E-state index contributed by atoms with van der Waals surface area (Å²) in [5.41, 5.74) is 0.523. The van der Waals surface area contributed by atoms with Crippen LogP contribution in [-0.4, -0.2) is 28.3 Å². The first-order valence-electron chi connectivity index (χ1n) is 6.71. The van der Waals surface area contributed by atoms with Crippen molar-refractivity contribution in [3.63, 3.8) is 0 Å². The second kappa shape index (κ2) is 7.63. The van der Waals surface area contributed by atoms with Crippen molar-refractivity contribution >= 4 is 41.5 Å². The number of nitrogens with one attached hydrogen (secondary N) is 2. The monoisotopic (exact) mass is 351 g/mol. The minimum Gasteiger partial charge on any atom is -0.355 e. The summed E-state index contributed by atoms with van der Waals surface area (Å²) in [6, 6.07) is 3.94. The molecule has 0 bridgehead atoms. The minimum atomic E-state index is -0.893. The summed E-state index contributed by atoms with van der Waals surface area (Å²) in [7, 11) is 0. The molecule has 1 heterocycles. The number of carbonyl (C=O) groups is 1. The Labute approximate surface area is 141 Å². The first-order chi connectivity index (χ1) is 9.46. The molecule has 1 aliphatic carbocycles. The Balaban J connectivity index is 0.00000220. The number of hydrogen-bond acceptors (Lipinski definition) is 3. The van der Waals surface area contributed by atoms with E-state index in [1.807, 2.05) is 18.3 Å². The molecular weight excluding hydrogens is 333 g/mol. The van der Waals surface area contributed by atoms with Gasteiger partial charge in [0.15, 0.2) is 0 Å². The molecule has 118 valence electrons. The van der Waals surface area contributed by atoms with Crippen LogP contribution >= 0.6 is 35.6 Å². The molecular formula is C14H20Cl3N3O. The molecule has 1 saturated carbocycles. The maximum absolute atomic E-state index is 11.9. The summed E-state index contributed by atoms with van der Waals surface area (Å²) >= 11 is 11.9. The number of amides is 1. The maximum atomic E-state index is 11.9. The van der Waals surface area contributed by atoms with Gasteiger partial charge in [-0.2, -0.15) is 0 Å². The fraction of sp³-hybridized carbons (Fsp3) is 0.571. The van der Waals surface area contributed by atoms with E-state index in [0.717, 1.165) is 25.1 Å². The first kappa shape index (κ1) is 18.5. The van der Waals surface area contributed by atoms with Crippen LogP contribution in [0.5, 0.6) is 0 Å². The molecule has 2 rings (SSSR count). The SMILES string of the molecule is CC1(C(=O)NCCCNCc2cccnc2)CC1(Cl)Cl.Cl. The number of hydrogen-bond donors (Lipinski definition) is 2. The van der Waals surface area contributed by atoms with Crippen molar-refractivity contribution in [2.24, 2.45) is 5.41 Å². The van der Waals surface area contributed by atoms with E-state index in [-0.39, 0.29) is 18.3 Å². The number of nitrogens with zero attached hydrogens (tertiary/aromatic N) is 1. The number of halogens is 3. The quantitative estimate of drug-likeness (QED) is 0.586. The Hall–Kier alpha value is -0.550. The van der Waals surface area contributed by atoms with Crippen LogP contribution in [0.3, 0.4) is 0 Å². The summed E-state index contributed by atoms with van der Waals surface area (Å²) in [5, 5.41) is 6.18. The first-order valence-corrected chi connectivity index (χ1v) is 7.47. The zero-order valence-electron chi connectivity index (χ0n) is 11.9. The van der Waals surface area contributed by atoms with E-state index in [2.05, 4.69) is 15.6 Å². The van der Waals surface area contributed by atoms with Crippen LogP contribution in [0.2, 0.25) is 0 Å². The third-order valence-electron chi connectivity index (χ3n) is 3.63. The number of alkyl halides is 2. The van der Waals surface area contributed by atoms with Gasteiger partial charge in [0.05, 0.1) is 5.41 Å². The van der Waals surface area contributed by atoms with Crippen molar-refractivity contribution in [3.8, 4) is 0 Å². The molecule has 1 atom stereocenters. The number of carbonyl (C=O) groups excluding carboxylic acids is 1. The van der Waals surface area contributed by atoms with Gasteiger partial charge in [0.2, 0.25) is 5.91 Å². The van der Waals surface area contributed by atoms with Crippen LogP contribution in [0, 0.1) is 5.41 Å². The third kappa shape index (κ3) is 4.71. The minimum absolute atomic E-state index is 0. The van der Waals surface area contributed by atoms with Crippen molar-refractivity contribution in [1.29, 1.82) is 0 Å². The van der Waals surface area contributed by atoms with Crippen LogP contribution in [0.4, 0.5) is 0 Å². The molecule has 1 aromatic rings. The number of rotatable bonds is 7. The summed E-state index contributed by atoms with van der Waals surface area (Å²) in [6.45, 7) is 4.03. The standard InChI is InChI=1S/C14H19Cl2N3O.ClH/c1-13(10-14(13,15)16)12(20)19-7-3-6-18-9-11-4-2-5-17-8-11;/h2,4-5,8,18H,3,6-7,9-10H2,1H3,(H,19,20);1H. The van der Waals surface area contributed by atoms with Crippen molar-refractivity contribution in [3.05, 3.63) is 30.1 Å². The zero-order valence-corrected chi connectivity index (χ0v) is 14.2. The highest BCUT2D eigenvalue weighted by molar-refractivity contribution is 6.53. The number of aromatic nitrogens is 1. The van der Waals surface area contributed by atoms with Crippen molar-refractivity contribution in [2.45, 2.75) is 30.6 Å². The van der Waals surface area contributed by atoms with E-state index in [1.165, 1.54) is 0 Å². The highest BCUT2D eigenvalue weighted by Crippen LogP contribution is 2.63. The second-order valence-corrected chi connectivity index (χ2v) is 6.84. The third-order valence-corrected chi connectivity index (χ3v) is 4.73. The summed E-state index contributed by atoms with van der Waals surface area (Å²) in [6.07, 6.45) is 4.97. The lowest BCUT2D eigenvalue weighted by molar-refractivity contribution is -0.125. The van der Waals surface area contributed by atoms with E-state index in [0.29, 0.717) is 13.0 Å². The van der Waals surface area contributed by atoms with Crippen molar-refractivity contribution in [2.75, 3.05) is 13.1 Å². The topological polar surface area (TPSA) is 54.0 Å². The van der Waals surface area contributed by atoms with Gasteiger partial charge in [-0.1, -0.05) is 6.07 Å². The van der Waals surface area contributed by atoms with E-state index in [9.17, 15) is 4.79 Å². The fourth-order valence-corrected chi connectivity index (χ4v) is 2.70. The zero-order chi connectivity index (χ0) is 14.6. The predicted octanol–water partition coefficient (Wildman–Crippen LogP) is 2.68. The lowest BCUT2D eigenvalue weighted by Crippen LogP contribution is -2.34. The van der Waals surface area contributed by atoms with Gasteiger partial charge in [-0.05, 0) is 37.9 Å². The van der Waals surface area contributed by atoms with Gasteiger partial charge in [0.1, 0.15) is 4.33 Å². The highest BCUT2D eigenvalue weighted by atomic mass is 35.5. The van der Waals surface area contributed by atoms with E-state index >= 15 is 0 Å². The largest absolute Gasteiger partial charge is 0.355 e. The summed E-state index contributed by atoms with van der Waals surface area (Å²) in [4.78, 5) is 15.9. The Morgan fingerprint density at radius 3 is 2.71 bits per heavy atom. The van der Waals surface area contributed by atoms with Crippen LogP contribution in [0.15, 0.2) is 24.5 Å². The lowest BCUT2D eigenvalue weighted by Gasteiger charge is -2.12. The Bertz CT molecular complexity index is 470. The van der Waals surface area contributed by atoms with Crippen molar-refractivity contribution in [1.82, 2.24) is 15.6 Å². The van der Waals surface area contributed by atoms with Gasteiger partial charge in [-0.3, -0.25) is 9.78 Å². The predicted molar refractivity (Wildman–Crippen MR) is 88.0 cm³/mol. The maximum Gasteiger partial charge on any atom is 0.229 e. The molecule has 7 heteroatoms. The van der Waals surface area contributed by atoms with Crippen molar-refractivity contribution < 1.29 is 4.79 Å². The molecule has 1 aliphatic rings. The average Bonchev–Trinajstić information content (AvgIpc) is 2.95. The Kier molecular flexibility index (Phi) is 6.72. The van der Waals surface area contributed by atoms with Gasteiger partial charge in [-0.25, -0.2) is 0 Å². The van der Waals surface area contributed by atoms with Crippen LogP contribution in [0.25, 0.3) is 0 Å². The lowest BCUT2D eigenvalue weighted by atomic mass is 10.1. The molecule has 1 aromatic heterocycles. The van der Waals surface area contributed by atoms with Crippen LogP contribution in [0.1, 0.15) is 25.3 Å². The molecule has 1 unspecified atom stereocenters. The molecule has 4 nitrogen and oxygen atoms in total. The van der Waals surface area contributed by atoms with Gasteiger partial charge >= 0.3 is 0 Å². The molecule has 0 radical (unpaired) electrons. The smallest absolute Gasteiger partial charge is 0.229 e. The average molecular weight is 353 g/mol. The fourth-order valence-electron chi connectivity index (χ4n) is 1.99. The summed E-state index contributed by atoms with van der Waals surface area (Å²) < 4.78 is -0.893. The normalized spacial score (nSPS) is 22.2. The Morgan fingerprint density at radius 2 is 2.14 bits per heavy atom. The number of pyridine rings is 1. The molecule has 1 fully saturated rings. The van der Waals surface area contributed by atoms with Gasteiger partial charge in [-0.15, -0.1) is 35.6 Å². The molecule has 0 spiro atoms. The van der Waals surface area contributed by atoms with E-state index in [1.54, 1.807) is 13.1 Å². The molecule has 0 aliphatic heterocycles. The molecule has 21 heavy (non-hydrogen) atoms. The van der Waals surface area contributed by atoms with Gasteiger partial charge in [0, 0.05) is 25.5 Å². The molecule has 2 N–H and O–H groups in total. The van der Waals surface area contributed by atoms with Gasteiger partial charge in [0.25, 0.3) is 0 Å². The van der Waals surface area contributed by atoms with Gasteiger partial charge < -0.3 is 10.6 Å². The molecule has 0 aromatic carbocycles.